The highest BCUT2D eigenvalue weighted by atomic mass is 35.5. The summed E-state index contributed by atoms with van der Waals surface area (Å²) in [7, 11) is 0. The van der Waals surface area contributed by atoms with Gasteiger partial charge in [0, 0.05) is 18.1 Å². The quantitative estimate of drug-likeness (QED) is 0.845. The lowest BCUT2D eigenvalue weighted by molar-refractivity contribution is -0.155. The van der Waals surface area contributed by atoms with E-state index in [2.05, 4.69) is 0 Å². The van der Waals surface area contributed by atoms with Crippen LogP contribution in [0.2, 0.25) is 5.02 Å². The maximum Gasteiger partial charge on any atom is 0.312 e. The number of aliphatic hydroxyl groups excluding tert-OH is 1. The van der Waals surface area contributed by atoms with Crippen LogP contribution in [0.3, 0.4) is 0 Å². The third-order valence-electron chi connectivity index (χ3n) is 3.84. The van der Waals surface area contributed by atoms with E-state index in [1.54, 1.807) is 0 Å². The number of carbonyl (C=O) groups is 1. The number of rotatable bonds is 5. The van der Waals surface area contributed by atoms with Gasteiger partial charge >= 0.3 is 5.97 Å². The van der Waals surface area contributed by atoms with Gasteiger partial charge in [0.05, 0.1) is 5.41 Å². The Bertz CT molecular complexity index is 457. The van der Waals surface area contributed by atoms with Crippen LogP contribution < -0.4 is 0 Å². The van der Waals surface area contributed by atoms with Gasteiger partial charge in [-0.1, -0.05) is 23.7 Å². The second-order valence-electron chi connectivity index (χ2n) is 5.55. The lowest BCUT2D eigenvalue weighted by atomic mass is 10.1. The van der Waals surface area contributed by atoms with E-state index in [1.807, 2.05) is 38.1 Å². The lowest BCUT2D eigenvalue weighted by Crippen LogP contribution is -2.25. The Morgan fingerprint density at radius 1 is 1.53 bits per heavy atom. The van der Waals surface area contributed by atoms with Crippen LogP contribution in [0.15, 0.2) is 24.3 Å². The molecule has 4 heteroatoms. The fourth-order valence-corrected chi connectivity index (χ4v) is 2.41. The van der Waals surface area contributed by atoms with Crippen LogP contribution in [-0.4, -0.2) is 23.8 Å². The molecule has 0 spiro atoms. The van der Waals surface area contributed by atoms with Crippen LogP contribution in [0.4, 0.5) is 0 Å². The first-order valence-corrected chi connectivity index (χ1v) is 6.90. The molecule has 3 nitrogen and oxygen atoms in total. The molecule has 2 rings (SSSR count). The largest absolute Gasteiger partial charge is 0.462 e. The molecule has 3 atom stereocenters. The molecule has 0 amide bonds. The van der Waals surface area contributed by atoms with Crippen molar-refractivity contribution in [3.05, 3.63) is 34.9 Å². The Morgan fingerprint density at radius 3 is 2.68 bits per heavy atom. The normalized spacial score (nSPS) is 26.8. The molecule has 104 valence electrons. The molecule has 0 bridgehead atoms. The van der Waals surface area contributed by atoms with E-state index < -0.39 is 5.41 Å². The molecule has 1 fully saturated rings. The summed E-state index contributed by atoms with van der Waals surface area (Å²) in [6.45, 7) is 3.79. The van der Waals surface area contributed by atoms with Gasteiger partial charge in [-0.2, -0.15) is 0 Å². The van der Waals surface area contributed by atoms with Crippen molar-refractivity contribution in [3.63, 3.8) is 0 Å². The molecule has 3 unspecified atom stereocenters. The molecule has 19 heavy (non-hydrogen) atoms. The Morgan fingerprint density at radius 2 is 2.16 bits per heavy atom. The minimum absolute atomic E-state index is 0.0527. The summed E-state index contributed by atoms with van der Waals surface area (Å²) in [6, 6.07) is 7.52. The first kappa shape index (κ1) is 14.4. The lowest BCUT2D eigenvalue weighted by Gasteiger charge is -2.17. The van der Waals surface area contributed by atoms with Crippen molar-refractivity contribution in [3.8, 4) is 0 Å². The molecule has 1 N–H and O–H groups in total. The Kier molecular flexibility index (Phi) is 4.16. The summed E-state index contributed by atoms with van der Waals surface area (Å²) < 4.78 is 5.46. The number of halogens is 1. The van der Waals surface area contributed by atoms with Crippen LogP contribution in [0.5, 0.6) is 0 Å². The minimum atomic E-state index is -0.483. The number of hydrogen-bond donors (Lipinski definition) is 1. The Balaban J connectivity index is 1.86. The van der Waals surface area contributed by atoms with Crippen LogP contribution >= 0.6 is 11.6 Å². The summed E-state index contributed by atoms with van der Waals surface area (Å²) in [5.74, 6) is -0.143. The molecular weight excluding hydrogens is 264 g/mol. The molecule has 0 heterocycles. The predicted molar refractivity (Wildman–Crippen MR) is 74.0 cm³/mol. The van der Waals surface area contributed by atoms with Crippen molar-refractivity contribution in [1.29, 1.82) is 0 Å². The zero-order valence-electron chi connectivity index (χ0n) is 11.2. The van der Waals surface area contributed by atoms with E-state index in [0.29, 0.717) is 11.4 Å². The number of hydrogen-bond acceptors (Lipinski definition) is 3. The first-order chi connectivity index (χ1) is 8.95. The zero-order chi connectivity index (χ0) is 14.0. The van der Waals surface area contributed by atoms with Crippen molar-refractivity contribution in [2.75, 3.05) is 6.61 Å². The molecule has 1 aliphatic rings. The van der Waals surface area contributed by atoms with Crippen molar-refractivity contribution >= 4 is 17.6 Å². The highest BCUT2D eigenvalue weighted by molar-refractivity contribution is 6.30. The van der Waals surface area contributed by atoms with Gasteiger partial charge in [-0.25, -0.2) is 0 Å². The van der Waals surface area contributed by atoms with Gasteiger partial charge in [0.2, 0.25) is 0 Å². The van der Waals surface area contributed by atoms with E-state index in [0.717, 1.165) is 12.0 Å². The average molecular weight is 283 g/mol. The molecule has 0 aromatic heterocycles. The van der Waals surface area contributed by atoms with Crippen LogP contribution in [-0.2, 0) is 16.0 Å². The van der Waals surface area contributed by atoms with Crippen molar-refractivity contribution in [2.24, 2.45) is 11.3 Å². The zero-order valence-corrected chi connectivity index (χ0v) is 12.0. The molecule has 0 radical (unpaired) electrons. The summed E-state index contributed by atoms with van der Waals surface area (Å²) >= 11 is 5.82. The second-order valence-corrected chi connectivity index (χ2v) is 5.98. The van der Waals surface area contributed by atoms with Gasteiger partial charge in [0.1, 0.15) is 6.10 Å². The van der Waals surface area contributed by atoms with E-state index in [1.165, 1.54) is 0 Å². The Hall–Kier alpha value is -1.06. The molecule has 1 aromatic carbocycles. The van der Waals surface area contributed by atoms with Crippen LogP contribution in [0, 0.1) is 11.3 Å². The molecule has 1 aromatic rings. The summed E-state index contributed by atoms with van der Waals surface area (Å²) in [4.78, 5) is 12.0. The third-order valence-corrected chi connectivity index (χ3v) is 4.09. The van der Waals surface area contributed by atoms with E-state index in [9.17, 15) is 4.79 Å². The second kappa shape index (κ2) is 5.51. The van der Waals surface area contributed by atoms with E-state index in [4.69, 9.17) is 21.4 Å². The monoisotopic (exact) mass is 282 g/mol. The van der Waals surface area contributed by atoms with Gasteiger partial charge in [0.25, 0.3) is 0 Å². The van der Waals surface area contributed by atoms with Crippen molar-refractivity contribution < 1.29 is 14.6 Å². The first-order valence-electron chi connectivity index (χ1n) is 6.52. The number of aliphatic hydroxyl groups is 1. The van der Waals surface area contributed by atoms with E-state index >= 15 is 0 Å². The number of esters is 1. The smallest absolute Gasteiger partial charge is 0.312 e. The van der Waals surface area contributed by atoms with Gasteiger partial charge in [-0.05, 0) is 43.9 Å². The minimum Gasteiger partial charge on any atom is -0.462 e. The van der Waals surface area contributed by atoms with Crippen molar-refractivity contribution in [2.45, 2.75) is 32.8 Å². The average Bonchev–Trinajstić information content (AvgIpc) is 3.05. The fraction of sp³-hybridized carbons (Fsp3) is 0.533. The van der Waals surface area contributed by atoms with Gasteiger partial charge in [0.15, 0.2) is 0 Å². The predicted octanol–water partition coefficient (Wildman–Crippen LogP) is 2.83. The van der Waals surface area contributed by atoms with Gasteiger partial charge in [-0.15, -0.1) is 0 Å². The van der Waals surface area contributed by atoms with Crippen molar-refractivity contribution in [1.82, 2.24) is 0 Å². The molecule has 0 aliphatic heterocycles. The standard InChI is InChI=1S/C15H19ClO3/c1-10(7-11-3-5-13(16)6-4-11)19-14(18)15(2)8-12(15)9-17/h3-6,10,12,17H,7-9H2,1-2H3. The fourth-order valence-electron chi connectivity index (χ4n) is 2.28. The summed E-state index contributed by atoms with van der Waals surface area (Å²) in [5.41, 5.74) is 0.604. The Labute approximate surface area is 118 Å². The maximum atomic E-state index is 12.0. The van der Waals surface area contributed by atoms with E-state index in [-0.39, 0.29) is 24.6 Å². The SMILES string of the molecule is CC(Cc1ccc(Cl)cc1)OC(=O)C1(C)CC1CO. The highest BCUT2D eigenvalue weighted by Crippen LogP contribution is 2.52. The number of ether oxygens (including phenoxy) is 1. The summed E-state index contributed by atoms with van der Waals surface area (Å²) in [6.07, 6.45) is 1.21. The highest BCUT2D eigenvalue weighted by Gasteiger charge is 2.57. The summed E-state index contributed by atoms with van der Waals surface area (Å²) in [5, 5.41) is 9.76. The number of benzene rings is 1. The topological polar surface area (TPSA) is 46.5 Å². The van der Waals surface area contributed by atoms with Gasteiger partial charge in [-0.3, -0.25) is 4.79 Å². The molecule has 1 aliphatic carbocycles. The maximum absolute atomic E-state index is 12.0. The molecular formula is C15H19ClO3. The molecule has 0 saturated heterocycles. The molecule has 1 saturated carbocycles. The number of carbonyl (C=O) groups excluding carboxylic acids is 1. The van der Waals surface area contributed by atoms with Crippen LogP contribution in [0.1, 0.15) is 25.8 Å². The third kappa shape index (κ3) is 3.28. The van der Waals surface area contributed by atoms with Crippen LogP contribution in [0.25, 0.3) is 0 Å². The van der Waals surface area contributed by atoms with Gasteiger partial charge < -0.3 is 9.84 Å².